The lowest BCUT2D eigenvalue weighted by molar-refractivity contribution is -0.151. The van der Waals surface area contributed by atoms with Gasteiger partial charge in [0.25, 0.3) is 0 Å². The molecule has 0 amide bonds. The molecule has 0 saturated heterocycles. The number of carbonyl (C=O) groups excluding carboxylic acids is 3. The molecular weight excluding hydrogens is 414 g/mol. The summed E-state index contributed by atoms with van der Waals surface area (Å²) in [5, 5.41) is 3.25. The van der Waals surface area contributed by atoms with Gasteiger partial charge in [-0.2, -0.15) is 0 Å². The summed E-state index contributed by atoms with van der Waals surface area (Å²) < 4.78 is 21.3. The van der Waals surface area contributed by atoms with Crippen LogP contribution in [0.25, 0.3) is 0 Å². The van der Waals surface area contributed by atoms with Gasteiger partial charge in [0.05, 0.1) is 19.3 Å². The topological polar surface area (TPSA) is 100 Å². The van der Waals surface area contributed by atoms with Gasteiger partial charge in [0, 0.05) is 22.9 Å². The van der Waals surface area contributed by atoms with Crippen molar-refractivity contribution in [3.63, 3.8) is 0 Å². The maximum Gasteiger partial charge on any atom is 0.336 e. The van der Waals surface area contributed by atoms with E-state index in [1.165, 1.54) is 7.11 Å². The van der Waals surface area contributed by atoms with E-state index in [1.807, 2.05) is 19.9 Å². The van der Waals surface area contributed by atoms with Gasteiger partial charge >= 0.3 is 11.9 Å². The molecule has 0 bridgehead atoms. The van der Waals surface area contributed by atoms with Crippen molar-refractivity contribution in [2.75, 3.05) is 20.5 Å². The number of methoxy groups -OCH3 is 1. The van der Waals surface area contributed by atoms with E-state index in [-0.39, 0.29) is 25.1 Å². The highest BCUT2D eigenvalue weighted by molar-refractivity contribution is 6.12. The van der Waals surface area contributed by atoms with E-state index in [0.717, 1.165) is 5.70 Å². The molecule has 2 heterocycles. The van der Waals surface area contributed by atoms with Crippen LogP contribution in [0.4, 0.5) is 0 Å². The molecule has 2 aliphatic heterocycles. The van der Waals surface area contributed by atoms with Crippen molar-refractivity contribution in [1.82, 2.24) is 5.32 Å². The Kier molecular flexibility index (Phi) is 5.95. The normalized spacial score (nSPS) is 24.1. The van der Waals surface area contributed by atoms with Gasteiger partial charge in [-0.05, 0) is 43.4 Å². The predicted octanol–water partition coefficient (Wildman–Crippen LogP) is 2.98. The molecule has 3 atom stereocenters. The molecule has 3 aliphatic rings. The second-order valence-corrected chi connectivity index (χ2v) is 8.28. The van der Waals surface area contributed by atoms with E-state index < -0.39 is 23.8 Å². The van der Waals surface area contributed by atoms with Crippen LogP contribution in [0.1, 0.15) is 45.1 Å². The smallest absolute Gasteiger partial charge is 0.336 e. The number of hydrogen-bond donors (Lipinski definition) is 1. The maximum absolute atomic E-state index is 13.6. The maximum atomic E-state index is 13.6. The molecule has 8 heteroatoms. The van der Waals surface area contributed by atoms with Gasteiger partial charge in [-0.1, -0.05) is 19.9 Å². The van der Waals surface area contributed by atoms with Gasteiger partial charge in [-0.25, -0.2) is 4.79 Å². The molecule has 0 unspecified atom stereocenters. The number of hydrogen-bond acceptors (Lipinski definition) is 8. The number of rotatable bonds is 5. The van der Waals surface area contributed by atoms with Crippen LogP contribution >= 0.6 is 0 Å². The number of esters is 2. The Bertz CT molecular complexity index is 1040. The third kappa shape index (κ3) is 3.63. The number of fused-ring (bicyclic) bond motifs is 1. The lowest BCUT2D eigenvalue weighted by atomic mass is 9.69. The number of ketones is 1. The van der Waals surface area contributed by atoms with E-state index in [0.29, 0.717) is 46.7 Å². The lowest BCUT2D eigenvalue weighted by Crippen LogP contribution is -2.43. The number of Topliss-reactive ketones (excluding diaryl/α,β-unsaturated/α-hetero) is 1. The fraction of sp³-hybridized carbons (Fsp3) is 0.458. The largest absolute Gasteiger partial charge is 0.468 e. The molecule has 0 saturated carbocycles. The van der Waals surface area contributed by atoms with Gasteiger partial charge in [0.15, 0.2) is 17.3 Å². The summed E-state index contributed by atoms with van der Waals surface area (Å²) in [6.07, 6.45) is 1.16. The van der Waals surface area contributed by atoms with Crippen molar-refractivity contribution in [3.8, 4) is 11.5 Å². The first kappa shape index (κ1) is 21.9. The fourth-order valence-corrected chi connectivity index (χ4v) is 4.65. The summed E-state index contributed by atoms with van der Waals surface area (Å²) in [6.45, 7) is 5.94. The quantitative estimate of drug-likeness (QED) is 0.550. The molecular formula is C24H27NO7. The molecule has 32 heavy (non-hydrogen) atoms. The van der Waals surface area contributed by atoms with Crippen molar-refractivity contribution in [1.29, 1.82) is 0 Å². The number of carbonyl (C=O) groups is 3. The number of allylic oxidation sites excluding steroid dienone is 3. The molecule has 8 nitrogen and oxygen atoms in total. The zero-order valence-electron chi connectivity index (χ0n) is 18.7. The fourth-order valence-electron chi connectivity index (χ4n) is 4.65. The summed E-state index contributed by atoms with van der Waals surface area (Å²) in [7, 11) is 1.28. The van der Waals surface area contributed by atoms with E-state index in [2.05, 4.69) is 5.32 Å². The van der Waals surface area contributed by atoms with Crippen molar-refractivity contribution in [2.24, 2.45) is 11.8 Å². The lowest BCUT2D eigenvalue weighted by Gasteiger charge is -2.38. The average Bonchev–Trinajstić information content (AvgIpc) is 3.24. The molecule has 0 aromatic heterocycles. The Balaban J connectivity index is 1.85. The van der Waals surface area contributed by atoms with E-state index in [4.69, 9.17) is 18.9 Å². The highest BCUT2D eigenvalue weighted by atomic mass is 16.7. The van der Waals surface area contributed by atoms with Crippen LogP contribution in [0.3, 0.4) is 0 Å². The van der Waals surface area contributed by atoms with Gasteiger partial charge in [-0.15, -0.1) is 0 Å². The third-order valence-electron chi connectivity index (χ3n) is 6.13. The number of nitrogens with one attached hydrogen (secondary N) is 1. The molecule has 1 aliphatic carbocycles. The molecule has 1 aromatic carbocycles. The Morgan fingerprint density at radius 1 is 1.22 bits per heavy atom. The van der Waals surface area contributed by atoms with Crippen molar-refractivity contribution >= 4 is 17.7 Å². The van der Waals surface area contributed by atoms with Gasteiger partial charge in [0.2, 0.25) is 6.79 Å². The average molecular weight is 441 g/mol. The van der Waals surface area contributed by atoms with E-state index in [9.17, 15) is 14.4 Å². The van der Waals surface area contributed by atoms with Crippen LogP contribution < -0.4 is 14.8 Å². The van der Waals surface area contributed by atoms with Crippen LogP contribution in [0.2, 0.25) is 0 Å². The minimum atomic E-state index is -0.927. The molecule has 0 fully saturated rings. The van der Waals surface area contributed by atoms with Crippen LogP contribution in [0.5, 0.6) is 11.5 Å². The Morgan fingerprint density at radius 2 is 1.97 bits per heavy atom. The SMILES string of the molecule is CCCOC(=O)C1=C(C)NC2=C(C(=O)[C@@H](C(=O)OC)[C@H](C)C2)[C@H]1c1ccc2c(c1)OCO2. The first-order valence-electron chi connectivity index (χ1n) is 10.8. The standard InChI is InChI=1S/C24H27NO7/c1-5-8-30-24(28)19-13(3)25-15-9-12(2)18(23(27)29-4)22(26)21(15)20(19)14-6-7-16-17(10-14)32-11-31-16/h6-7,10,12,18,20,25H,5,8-9,11H2,1-4H3/t12-,18+,20+/m1/s1. The molecule has 0 radical (unpaired) electrons. The molecule has 170 valence electrons. The van der Waals surface area contributed by atoms with Crippen molar-refractivity contribution < 1.29 is 33.3 Å². The first-order chi connectivity index (χ1) is 15.4. The van der Waals surface area contributed by atoms with Gasteiger partial charge < -0.3 is 24.3 Å². The van der Waals surface area contributed by atoms with E-state index >= 15 is 0 Å². The summed E-state index contributed by atoms with van der Waals surface area (Å²) in [6, 6.07) is 5.35. The summed E-state index contributed by atoms with van der Waals surface area (Å²) >= 11 is 0. The summed E-state index contributed by atoms with van der Waals surface area (Å²) in [5.41, 5.74) is 2.78. The number of benzene rings is 1. The Morgan fingerprint density at radius 3 is 2.69 bits per heavy atom. The highest BCUT2D eigenvalue weighted by Crippen LogP contribution is 2.47. The third-order valence-corrected chi connectivity index (χ3v) is 6.13. The van der Waals surface area contributed by atoms with Crippen LogP contribution in [0, 0.1) is 11.8 Å². The molecule has 1 aromatic rings. The molecule has 4 rings (SSSR count). The molecule has 0 spiro atoms. The number of ether oxygens (including phenoxy) is 4. The predicted molar refractivity (Wildman–Crippen MR) is 114 cm³/mol. The second kappa shape index (κ2) is 8.68. The Labute approximate surface area is 186 Å². The zero-order valence-corrected chi connectivity index (χ0v) is 18.7. The van der Waals surface area contributed by atoms with Crippen LogP contribution in [0.15, 0.2) is 40.7 Å². The minimum absolute atomic E-state index is 0.111. The van der Waals surface area contributed by atoms with Crippen molar-refractivity contribution in [3.05, 3.63) is 46.3 Å². The summed E-state index contributed by atoms with van der Waals surface area (Å²) in [5.74, 6) is -2.12. The zero-order chi connectivity index (χ0) is 23.0. The number of dihydropyridines is 1. The first-order valence-corrected chi connectivity index (χ1v) is 10.8. The Hall–Kier alpha value is -3.29. The molecule has 1 N–H and O–H groups in total. The van der Waals surface area contributed by atoms with Crippen LogP contribution in [-0.4, -0.2) is 38.2 Å². The van der Waals surface area contributed by atoms with E-state index in [1.54, 1.807) is 19.1 Å². The second-order valence-electron chi connectivity index (χ2n) is 8.28. The van der Waals surface area contributed by atoms with Gasteiger partial charge in [-0.3, -0.25) is 9.59 Å². The van der Waals surface area contributed by atoms with Gasteiger partial charge in [0.1, 0.15) is 5.92 Å². The summed E-state index contributed by atoms with van der Waals surface area (Å²) in [4.78, 5) is 39.2. The van der Waals surface area contributed by atoms with Crippen molar-refractivity contribution in [2.45, 2.75) is 39.5 Å². The monoisotopic (exact) mass is 441 g/mol. The van der Waals surface area contributed by atoms with Crippen LogP contribution in [-0.2, 0) is 23.9 Å². The minimum Gasteiger partial charge on any atom is -0.468 e. The highest BCUT2D eigenvalue weighted by Gasteiger charge is 2.47.